The number of hydrogen-bond donors (Lipinski definition) is 0. The summed E-state index contributed by atoms with van der Waals surface area (Å²) >= 11 is 0. The standard InChI is InChI=1S/C69H68N2O2/c1-31(2)67-15-11-65(5,12-16-67)46-26-44-51(28-42(46)63(67)72)71-52-29-43-47(66(6)13-17-68(18-14-66,32(3)4)64(43)73)27-45(52)56-60-58-50(10-8-40-36-23-37-24-38-25-48(54(40)58)69(37,38)30-36)70-49-9-7-39-34-19-33-20-35(22-34)41(21-33)53(39)57(49)59(62(60)70)55(44)61(56)71/h7-10,26-29,31-38,41,48H,11-25,30H2,1-6H3. The Kier molecular flexibility index (Phi) is 6.56. The van der Waals surface area contributed by atoms with E-state index in [9.17, 15) is 0 Å². The lowest BCUT2D eigenvalue weighted by atomic mass is 9.36. The van der Waals surface area contributed by atoms with Crippen molar-refractivity contribution in [1.82, 2.24) is 8.80 Å². The number of Topliss-reactive ketones (excluding diaryl/α,β-unsaturated/α-hetero) is 2. The minimum absolute atomic E-state index is 0.0521. The van der Waals surface area contributed by atoms with Crippen LogP contribution < -0.4 is 0 Å². The smallest absolute Gasteiger partial charge is 0.169 e. The maximum Gasteiger partial charge on any atom is 0.169 e. The zero-order chi connectivity index (χ0) is 48.3. The van der Waals surface area contributed by atoms with Gasteiger partial charge in [-0.3, -0.25) is 9.59 Å². The topological polar surface area (TPSA) is 43.0 Å². The molecule has 4 aromatic heterocycles. The summed E-state index contributed by atoms with van der Waals surface area (Å²) in [5.74, 6) is 7.43. The number of carbonyl (C=O) groups excluding carboxylic acids is 2. The summed E-state index contributed by atoms with van der Waals surface area (Å²) < 4.78 is 5.54. The van der Waals surface area contributed by atoms with Crippen molar-refractivity contribution < 1.29 is 9.59 Å². The van der Waals surface area contributed by atoms with Crippen LogP contribution >= 0.6 is 0 Å². The van der Waals surface area contributed by atoms with Crippen molar-refractivity contribution in [1.29, 1.82) is 0 Å². The SMILES string of the molecule is CC(C)C12CCC(C)(CC1)c1cc3c4c5c6c7c(ccc6n6c8ccc9c(c8c(c8c%10cc%11c(cc%10n(c3cc1C2=O)c48)C(=O)C1(C(C)C)CCC%11(C)CC1)c56)C1CC2CC3CC9CC321)C1CC2CC(C1)C7C2. The van der Waals surface area contributed by atoms with Crippen LogP contribution in [0.4, 0.5) is 0 Å². The van der Waals surface area contributed by atoms with Crippen LogP contribution in [0.5, 0.6) is 0 Å². The molecule has 0 aliphatic heterocycles. The molecule has 13 aliphatic carbocycles. The molecular weight excluding hydrogens is 889 g/mol. The fourth-order valence-electron chi connectivity index (χ4n) is 23.2. The van der Waals surface area contributed by atoms with Gasteiger partial charge >= 0.3 is 0 Å². The van der Waals surface area contributed by atoms with E-state index >= 15 is 9.59 Å². The first-order valence-corrected chi connectivity index (χ1v) is 29.9. The van der Waals surface area contributed by atoms with Gasteiger partial charge in [0.15, 0.2) is 11.6 Å². The van der Waals surface area contributed by atoms with Gasteiger partial charge in [0.2, 0.25) is 0 Å². The summed E-state index contributed by atoms with van der Waals surface area (Å²) in [6.45, 7) is 14.3. The Hall–Kier alpha value is -4.96. The van der Waals surface area contributed by atoms with Crippen LogP contribution in [0.3, 0.4) is 0 Å². The fraction of sp³-hybridized carbons (Fsp3) is 0.536. The molecule has 7 saturated carbocycles. The molecule has 22 rings (SSSR count). The molecule has 9 bridgehead atoms. The number of ketones is 2. The summed E-state index contributed by atoms with van der Waals surface area (Å²) in [5.41, 5.74) is 19.3. The molecule has 0 amide bonds. The zero-order valence-corrected chi connectivity index (χ0v) is 43.9. The lowest BCUT2D eigenvalue weighted by Gasteiger charge is -2.68. The molecule has 9 aromatic rings. The molecule has 0 saturated heterocycles. The van der Waals surface area contributed by atoms with Gasteiger partial charge in [-0.05, 0) is 248 Å². The number of rotatable bonds is 2. The Morgan fingerprint density at radius 3 is 1.62 bits per heavy atom. The van der Waals surface area contributed by atoms with Gasteiger partial charge in [0.1, 0.15) is 0 Å². The Labute approximate surface area is 427 Å². The fourth-order valence-corrected chi connectivity index (χ4v) is 23.2. The average Bonchev–Trinajstić information content (AvgIpc) is 4.18. The molecule has 7 fully saturated rings. The highest BCUT2D eigenvalue weighted by atomic mass is 16.1. The van der Waals surface area contributed by atoms with Crippen LogP contribution in [-0.4, -0.2) is 20.4 Å². The Morgan fingerprint density at radius 1 is 0.507 bits per heavy atom. The van der Waals surface area contributed by atoms with Crippen LogP contribution in [-0.2, 0) is 10.8 Å². The zero-order valence-electron chi connectivity index (χ0n) is 43.9. The first kappa shape index (κ1) is 40.4. The van der Waals surface area contributed by atoms with Crippen LogP contribution in [0.25, 0.3) is 76.2 Å². The normalized spacial score (nSPS) is 39.1. The van der Waals surface area contributed by atoms with Crippen molar-refractivity contribution in [3.63, 3.8) is 0 Å². The molecule has 366 valence electrons. The third kappa shape index (κ3) is 3.95. The monoisotopic (exact) mass is 957 g/mol. The predicted molar refractivity (Wildman–Crippen MR) is 295 cm³/mol. The highest BCUT2D eigenvalue weighted by molar-refractivity contribution is 6.46. The summed E-state index contributed by atoms with van der Waals surface area (Å²) in [4.78, 5) is 31.4. The van der Waals surface area contributed by atoms with Crippen molar-refractivity contribution in [2.24, 2.45) is 51.8 Å². The molecule has 0 radical (unpaired) electrons. The van der Waals surface area contributed by atoms with Crippen LogP contribution in [0.15, 0.2) is 48.5 Å². The highest BCUT2D eigenvalue weighted by Crippen LogP contribution is 2.82. The summed E-state index contributed by atoms with van der Waals surface area (Å²) in [6.07, 6.45) is 19.3. The van der Waals surface area contributed by atoms with Gasteiger partial charge < -0.3 is 8.80 Å². The number of carbonyl (C=O) groups is 2. The second-order valence-corrected chi connectivity index (χ2v) is 29.6. The molecule has 5 aromatic carbocycles. The maximum atomic E-state index is 15.7. The van der Waals surface area contributed by atoms with Gasteiger partial charge in [0.25, 0.3) is 0 Å². The van der Waals surface area contributed by atoms with E-state index in [2.05, 4.69) is 98.9 Å². The van der Waals surface area contributed by atoms with Gasteiger partial charge in [0, 0.05) is 65.0 Å². The van der Waals surface area contributed by atoms with Crippen LogP contribution in [0, 0.1) is 51.8 Å². The molecule has 13 aliphatic rings. The number of aromatic nitrogens is 2. The van der Waals surface area contributed by atoms with Crippen molar-refractivity contribution in [2.75, 3.05) is 0 Å². The molecule has 4 nitrogen and oxygen atoms in total. The average molecular weight is 957 g/mol. The second kappa shape index (κ2) is 11.9. The van der Waals surface area contributed by atoms with Gasteiger partial charge in [-0.25, -0.2) is 0 Å². The molecule has 9 unspecified atom stereocenters. The van der Waals surface area contributed by atoms with Gasteiger partial charge in [-0.1, -0.05) is 53.7 Å². The van der Waals surface area contributed by atoms with E-state index in [0.717, 1.165) is 86.2 Å². The molecule has 9 atom stereocenters. The summed E-state index contributed by atoms with van der Waals surface area (Å²) in [7, 11) is 0. The van der Waals surface area contributed by atoms with Crippen molar-refractivity contribution in [3.8, 4) is 0 Å². The van der Waals surface area contributed by atoms with E-state index in [1.165, 1.54) is 128 Å². The largest absolute Gasteiger partial charge is 0.308 e. The molecule has 4 heteroatoms. The van der Waals surface area contributed by atoms with E-state index in [4.69, 9.17) is 0 Å². The van der Waals surface area contributed by atoms with E-state index in [1.54, 1.807) is 33.0 Å². The Balaban J connectivity index is 1.04. The number of hydrogen-bond acceptors (Lipinski definition) is 2. The van der Waals surface area contributed by atoms with E-state index in [-0.39, 0.29) is 33.5 Å². The molecule has 4 heterocycles. The van der Waals surface area contributed by atoms with Crippen molar-refractivity contribution >= 4 is 87.8 Å². The van der Waals surface area contributed by atoms with Gasteiger partial charge in [-0.2, -0.15) is 0 Å². The third-order valence-corrected chi connectivity index (χ3v) is 27.1. The Morgan fingerprint density at radius 2 is 1.04 bits per heavy atom. The highest BCUT2D eigenvalue weighted by Gasteiger charge is 2.72. The van der Waals surface area contributed by atoms with E-state index in [1.807, 2.05) is 0 Å². The van der Waals surface area contributed by atoms with Gasteiger partial charge in [-0.15, -0.1) is 0 Å². The van der Waals surface area contributed by atoms with Crippen LogP contribution in [0.1, 0.15) is 222 Å². The Bertz CT molecular complexity index is 4210. The number of benzene rings is 5. The molecule has 0 N–H and O–H groups in total. The van der Waals surface area contributed by atoms with Crippen LogP contribution in [0.2, 0.25) is 0 Å². The van der Waals surface area contributed by atoms with Crippen molar-refractivity contribution in [2.45, 2.75) is 179 Å². The first-order valence-electron chi connectivity index (χ1n) is 29.9. The minimum Gasteiger partial charge on any atom is -0.308 e. The lowest BCUT2D eigenvalue weighted by molar-refractivity contribution is -0.146. The predicted octanol–water partition coefficient (Wildman–Crippen LogP) is 17.3. The maximum absolute atomic E-state index is 15.7. The third-order valence-electron chi connectivity index (χ3n) is 27.1. The van der Waals surface area contributed by atoms with Gasteiger partial charge in [0.05, 0.1) is 33.1 Å². The number of fused-ring (bicyclic) bond motifs is 29. The quantitative estimate of drug-likeness (QED) is 0.173. The molecule has 73 heavy (non-hydrogen) atoms. The second-order valence-electron chi connectivity index (χ2n) is 29.6. The van der Waals surface area contributed by atoms with Crippen molar-refractivity contribution in [3.05, 3.63) is 93.0 Å². The molecular formula is C69H68N2O2. The summed E-state index contributed by atoms with van der Waals surface area (Å²) in [5, 5.41) is 11.7. The summed E-state index contributed by atoms with van der Waals surface area (Å²) in [6, 6.07) is 20.6. The number of nitrogens with zero attached hydrogens (tertiary/aromatic N) is 2. The lowest BCUT2D eigenvalue weighted by Crippen LogP contribution is -2.59. The minimum atomic E-state index is -0.323. The van der Waals surface area contributed by atoms with E-state index < -0.39 is 0 Å². The first-order chi connectivity index (χ1) is 35.3. The molecule has 1 spiro atoms. The van der Waals surface area contributed by atoms with E-state index in [0.29, 0.717) is 40.7 Å².